The highest BCUT2D eigenvalue weighted by Gasteiger charge is 2.66. The second-order valence-corrected chi connectivity index (χ2v) is 13.7. The summed E-state index contributed by atoms with van der Waals surface area (Å²) >= 11 is 0. The second-order valence-electron chi connectivity index (χ2n) is 13.7. The smallest absolute Gasteiger partial charge is 0.271 e. The molecule has 1 heterocycles. The topological polar surface area (TPSA) is 144 Å². The summed E-state index contributed by atoms with van der Waals surface area (Å²) in [6, 6.07) is 31.0. The zero-order valence-corrected chi connectivity index (χ0v) is 28.0. The fourth-order valence-electron chi connectivity index (χ4n) is 9.23. The number of hydrogen-bond acceptors (Lipinski definition) is 8. The van der Waals surface area contributed by atoms with Gasteiger partial charge in [-0.1, -0.05) is 96.6 Å². The number of allylic oxidation sites excluding steroid dienone is 4. The molecule has 1 N–H and O–H groups in total. The Morgan fingerprint density at radius 2 is 1.56 bits per heavy atom. The minimum absolute atomic E-state index is 0.00519. The number of anilines is 1. The SMILES string of the molecule is O=C1C(c2ccccc2)=CC(=O)[C@@]2(c3ccccc3)[C@@H](c3ccccc3OCCO)C3=CC[C@@H]4C(=O)N(c5cccc([N+](=O)[O-])c5)C(=O)[C@@H]4[C@@H]3C[C@@H]12. The number of Topliss-reactive ketones (excluding diaryl/α,β-unsaturated/α-hetero) is 1. The summed E-state index contributed by atoms with van der Waals surface area (Å²) < 4.78 is 6.09. The van der Waals surface area contributed by atoms with E-state index in [0.717, 1.165) is 10.5 Å². The van der Waals surface area contributed by atoms with Gasteiger partial charge in [-0.2, -0.15) is 0 Å². The first kappa shape index (κ1) is 33.2. The van der Waals surface area contributed by atoms with Crippen molar-refractivity contribution in [2.75, 3.05) is 18.1 Å². The molecule has 0 aromatic heterocycles. The molecule has 52 heavy (non-hydrogen) atoms. The number of carbonyl (C=O) groups excluding carboxylic acids is 4. The van der Waals surface area contributed by atoms with E-state index in [2.05, 4.69) is 0 Å². The van der Waals surface area contributed by atoms with Gasteiger partial charge in [-0.15, -0.1) is 0 Å². The molecule has 3 aliphatic carbocycles. The summed E-state index contributed by atoms with van der Waals surface area (Å²) in [6.07, 6.45) is 3.74. The number of rotatable bonds is 8. The summed E-state index contributed by atoms with van der Waals surface area (Å²) in [5.41, 5.74) is 1.38. The van der Waals surface area contributed by atoms with Crippen LogP contribution in [0.5, 0.6) is 5.75 Å². The number of benzene rings is 4. The van der Waals surface area contributed by atoms with Crippen LogP contribution in [0.3, 0.4) is 0 Å². The number of amides is 2. The van der Waals surface area contributed by atoms with E-state index in [1.165, 1.54) is 30.3 Å². The first-order valence-electron chi connectivity index (χ1n) is 17.3. The molecular weight excluding hydrogens is 660 g/mol. The van der Waals surface area contributed by atoms with Gasteiger partial charge in [0.25, 0.3) is 5.69 Å². The molecule has 0 radical (unpaired) electrons. The van der Waals surface area contributed by atoms with Gasteiger partial charge >= 0.3 is 0 Å². The highest BCUT2D eigenvalue weighted by atomic mass is 16.6. The first-order valence-corrected chi connectivity index (χ1v) is 17.3. The van der Waals surface area contributed by atoms with E-state index in [4.69, 9.17) is 4.74 Å². The van der Waals surface area contributed by atoms with Crippen LogP contribution in [-0.4, -0.2) is 46.6 Å². The van der Waals surface area contributed by atoms with Crippen LogP contribution in [0.2, 0.25) is 0 Å². The van der Waals surface area contributed by atoms with E-state index in [1.807, 2.05) is 66.7 Å². The van der Waals surface area contributed by atoms with Crippen LogP contribution in [0, 0.1) is 33.8 Å². The average molecular weight is 695 g/mol. The molecule has 4 aromatic rings. The van der Waals surface area contributed by atoms with Crippen molar-refractivity contribution in [2.45, 2.75) is 24.2 Å². The van der Waals surface area contributed by atoms with Crippen LogP contribution in [0.25, 0.3) is 5.57 Å². The number of imide groups is 1. The largest absolute Gasteiger partial charge is 0.491 e. The summed E-state index contributed by atoms with van der Waals surface area (Å²) in [5, 5.41) is 21.3. The quantitative estimate of drug-likeness (QED) is 0.102. The lowest BCUT2D eigenvalue weighted by molar-refractivity contribution is -0.384. The van der Waals surface area contributed by atoms with Crippen molar-refractivity contribution >= 4 is 40.3 Å². The molecule has 2 fully saturated rings. The van der Waals surface area contributed by atoms with Crippen molar-refractivity contribution in [2.24, 2.45) is 23.7 Å². The molecule has 0 bridgehead atoms. The maximum absolute atomic E-state index is 15.2. The van der Waals surface area contributed by atoms with Crippen LogP contribution in [0.4, 0.5) is 11.4 Å². The third-order valence-corrected chi connectivity index (χ3v) is 11.3. The number of ether oxygens (including phenoxy) is 1. The van der Waals surface area contributed by atoms with Gasteiger partial charge in [-0.3, -0.25) is 29.3 Å². The number of nitro benzene ring substituents is 1. The molecule has 6 atom stereocenters. The fourth-order valence-corrected chi connectivity index (χ4v) is 9.23. The first-order chi connectivity index (χ1) is 25.3. The molecule has 260 valence electrons. The Hall–Kier alpha value is -6.00. The van der Waals surface area contributed by atoms with Crippen molar-refractivity contribution in [1.29, 1.82) is 0 Å². The number of para-hydroxylation sites is 1. The molecule has 10 nitrogen and oxygen atoms in total. The van der Waals surface area contributed by atoms with Gasteiger partial charge in [-0.05, 0) is 48.1 Å². The maximum atomic E-state index is 15.2. The summed E-state index contributed by atoms with van der Waals surface area (Å²) in [5.74, 6) is -4.97. The Bertz CT molecular complexity index is 2200. The number of nitro groups is 1. The van der Waals surface area contributed by atoms with Gasteiger partial charge in [0.1, 0.15) is 12.4 Å². The molecule has 1 aliphatic heterocycles. The van der Waals surface area contributed by atoms with Gasteiger partial charge in [0, 0.05) is 35.1 Å². The number of carbonyl (C=O) groups is 4. The molecule has 1 saturated carbocycles. The van der Waals surface area contributed by atoms with Gasteiger partial charge in [0.05, 0.1) is 34.5 Å². The number of aliphatic hydroxyl groups excluding tert-OH is 1. The number of hydrogen-bond donors (Lipinski definition) is 1. The van der Waals surface area contributed by atoms with E-state index in [9.17, 15) is 24.8 Å². The van der Waals surface area contributed by atoms with Crippen LogP contribution in [0.1, 0.15) is 35.4 Å². The highest BCUT2D eigenvalue weighted by Crippen LogP contribution is 2.64. The number of aliphatic hydroxyl groups is 1. The lowest BCUT2D eigenvalue weighted by atomic mass is 9.44. The Morgan fingerprint density at radius 3 is 2.29 bits per heavy atom. The molecule has 10 heteroatoms. The Kier molecular flexibility index (Phi) is 8.26. The second kappa shape index (κ2) is 13.0. The van der Waals surface area contributed by atoms with E-state index in [0.29, 0.717) is 22.4 Å². The highest BCUT2D eigenvalue weighted by molar-refractivity contribution is 6.32. The van der Waals surface area contributed by atoms with Crippen molar-refractivity contribution in [3.05, 3.63) is 154 Å². The predicted molar refractivity (Wildman–Crippen MR) is 191 cm³/mol. The van der Waals surface area contributed by atoms with Crippen LogP contribution in [0.15, 0.2) is 127 Å². The fraction of sp³-hybridized carbons (Fsp3) is 0.238. The molecular formula is C42H34N2O8. The number of non-ortho nitro benzene ring substituents is 1. The number of ketones is 2. The molecule has 0 spiro atoms. The lowest BCUT2D eigenvalue weighted by Crippen LogP contribution is -2.58. The minimum atomic E-state index is -1.43. The molecule has 1 saturated heterocycles. The van der Waals surface area contributed by atoms with Crippen molar-refractivity contribution in [3.63, 3.8) is 0 Å². The zero-order valence-electron chi connectivity index (χ0n) is 28.0. The molecule has 8 rings (SSSR count). The summed E-state index contributed by atoms with van der Waals surface area (Å²) in [7, 11) is 0. The van der Waals surface area contributed by atoms with E-state index in [1.54, 1.807) is 24.3 Å². The zero-order chi connectivity index (χ0) is 36.1. The van der Waals surface area contributed by atoms with Crippen molar-refractivity contribution in [3.8, 4) is 5.75 Å². The van der Waals surface area contributed by atoms with Gasteiger partial charge in [0.2, 0.25) is 11.8 Å². The van der Waals surface area contributed by atoms with E-state index < -0.39 is 51.7 Å². The normalized spacial score (nSPS) is 26.6. The maximum Gasteiger partial charge on any atom is 0.271 e. The molecule has 4 aromatic carbocycles. The standard InChI is InChI=1S/C42H34N2O8/c45-20-21-52-35-17-8-7-16-30(35)38-29-18-19-31-37(41(49)43(40(31)48)27-14-9-15-28(22-27)44(50)51)33(29)23-34-39(47)32(25-10-3-1-4-11-25)24-36(46)42(34,38)26-12-5-2-6-13-26/h1-18,22,24,31,33-34,37-38,45H,19-21,23H2/t31-,33+,34-,37-,38+,42-/m0/s1. The van der Waals surface area contributed by atoms with Crippen molar-refractivity contribution in [1.82, 2.24) is 0 Å². The van der Waals surface area contributed by atoms with Crippen LogP contribution < -0.4 is 9.64 Å². The number of fused-ring (bicyclic) bond motifs is 4. The third-order valence-electron chi connectivity index (χ3n) is 11.3. The van der Waals surface area contributed by atoms with E-state index >= 15 is 9.59 Å². The predicted octanol–water partition coefficient (Wildman–Crippen LogP) is 5.99. The third kappa shape index (κ3) is 4.97. The minimum Gasteiger partial charge on any atom is -0.491 e. The van der Waals surface area contributed by atoms with Crippen molar-refractivity contribution < 1.29 is 33.9 Å². The summed E-state index contributed by atoms with van der Waals surface area (Å²) in [6.45, 7) is -0.250. The summed E-state index contributed by atoms with van der Waals surface area (Å²) in [4.78, 5) is 71.1. The average Bonchev–Trinajstić information content (AvgIpc) is 3.44. The molecule has 0 unspecified atom stereocenters. The van der Waals surface area contributed by atoms with Gasteiger partial charge in [0.15, 0.2) is 11.6 Å². The Morgan fingerprint density at radius 1 is 0.846 bits per heavy atom. The Balaban J connectivity index is 1.35. The van der Waals surface area contributed by atoms with Crippen LogP contribution in [-0.2, 0) is 24.6 Å². The molecule has 4 aliphatic rings. The van der Waals surface area contributed by atoms with E-state index in [-0.39, 0.29) is 54.6 Å². The van der Waals surface area contributed by atoms with Gasteiger partial charge in [-0.25, -0.2) is 4.90 Å². The van der Waals surface area contributed by atoms with Crippen LogP contribution >= 0.6 is 0 Å². The Labute approximate surface area is 299 Å². The monoisotopic (exact) mass is 694 g/mol. The number of nitrogens with zero attached hydrogens (tertiary/aromatic N) is 2. The molecule has 2 amide bonds. The van der Waals surface area contributed by atoms with Gasteiger partial charge < -0.3 is 9.84 Å². The lowest BCUT2D eigenvalue weighted by Gasteiger charge is -2.55.